The van der Waals surface area contributed by atoms with E-state index in [1.807, 2.05) is 18.2 Å². The summed E-state index contributed by atoms with van der Waals surface area (Å²) in [4.78, 5) is 0. The first kappa shape index (κ1) is 11.6. The van der Waals surface area contributed by atoms with Gasteiger partial charge in [0.05, 0.1) is 13.2 Å². The molecule has 0 heterocycles. The van der Waals surface area contributed by atoms with E-state index >= 15 is 0 Å². The van der Waals surface area contributed by atoms with Crippen molar-refractivity contribution in [1.82, 2.24) is 0 Å². The van der Waals surface area contributed by atoms with Gasteiger partial charge in [0.2, 0.25) is 0 Å². The lowest BCUT2D eigenvalue weighted by Gasteiger charge is -2.22. The van der Waals surface area contributed by atoms with Crippen LogP contribution in [0.4, 0.5) is 0 Å². The predicted octanol–water partition coefficient (Wildman–Crippen LogP) is 2.12. The molecule has 0 saturated heterocycles. The van der Waals surface area contributed by atoms with Crippen molar-refractivity contribution >= 4 is 15.9 Å². The van der Waals surface area contributed by atoms with Crippen LogP contribution in [0, 0.1) is 11.3 Å². The highest BCUT2D eigenvalue weighted by molar-refractivity contribution is 9.10. The average Bonchev–Trinajstić information content (AvgIpc) is 2.68. The molecule has 4 heteroatoms. The second-order valence-corrected chi connectivity index (χ2v) is 4.63. The molecule has 0 aromatic heterocycles. The van der Waals surface area contributed by atoms with Gasteiger partial charge in [0.1, 0.15) is 6.07 Å². The van der Waals surface area contributed by atoms with Crippen molar-refractivity contribution in [2.24, 2.45) is 0 Å². The van der Waals surface area contributed by atoms with Gasteiger partial charge in [0.15, 0.2) is 5.60 Å². The maximum absolute atomic E-state index is 9.31. The molecule has 0 saturated carbocycles. The number of aliphatic hydroxyl groups excluding tert-OH is 1. The average molecular weight is 282 g/mol. The van der Waals surface area contributed by atoms with Crippen molar-refractivity contribution in [2.45, 2.75) is 18.4 Å². The molecular formula is C12H12BrNO2. The van der Waals surface area contributed by atoms with Gasteiger partial charge >= 0.3 is 0 Å². The Kier molecular flexibility index (Phi) is 3.29. The summed E-state index contributed by atoms with van der Waals surface area (Å²) in [6.07, 6.45) is 1.48. The van der Waals surface area contributed by atoms with E-state index in [2.05, 4.69) is 22.0 Å². The number of rotatable bonds is 3. The molecule has 1 aromatic carbocycles. The molecule has 0 fully saturated rings. The zero-order chi connectivity index (χ0) is 11.6. The zero-order valence-electron chi connectivity index (χ0n) is 8.74. The van der Waals surface area contributed by atoms with Gasteiger partial charge in [0, 0.05) is 10.0 Å². The fourth-order valence-electron chi connectivity index (χ4n) is 2.14. The number of halogens is 1. The minimum Gasteiger partial charge on any atom is -0.394 e. The first-order valence-corrected chi connectivity index (χ1v) is 5.97. The van der Waals surface area contributed by atoms with Crippen molar-refractivity contribution in [2.75, 3.05) is 13.2 Å². The van der Waals surface area contributed by atoms with Gasteiger partial charge in [-0.05, 0) is 24.5 Å². The topological polar surface area (TPSA) is 53.2 Å². The van der Waals surface area contributed by atoms with Crippen molar-refractivity contribution in [3.8, 4) is 6.07 Å². The number of aliphatic hydroxyl groups is 1. The zero-order valence-corrected chi connectivity index (χ0v) is 10.3. The van der Waals surface area contributed by atoms with Gasteiger partial charge in [-0.2, -0.15) is 5.26 Å². The van der Waals surface area contributed by atoms with Crippen LogP contribution in [0.1, 0.15) is 17.5 Å². The van der Waals surface area contributed by atoms with E-state index < -0.39 is 5.60 Å². The largest absolute Gasteiger partial charge is 0.394 e. The molecule has 1 aliphatic rings. The van der Waals surface area contributed by atoms with Crippen LogP contribution >= 0.6 is 15.9 Å². The quantitative estimate of drug-likeness (QED) is 0.924. The lowest BCUT2D eigenvalue weighted by atomic mass is 9.97. The number of nitrogens with zero attached hydrogens (tertiary/aromatic N) is 1. The number of hydrogen-bond donors (Lipinski definition) is 1. The SMILES string of the molecule is N#CC1(OCCO)CCc2c(Br)cccc21. The Morgan fingerprint density at radius 2 is 2.38 bits per heavy atom. The number of fused-ring (bicyclic) bond motifs is 1. The highest BCUT2D eigenvalue weighted by Crippen LogP contribution is 2.42. The summed E-state index contributed by atoms with van der Waals surface area (Å²) in [6.45, 7) is 0.131. The Morgan fingerprint density at radius 1 is 1.56 bits per heavy atom. The number of ether oxygens (including phenoxy) is 1. The molecule has 0 bridgehead atoms. The Balaban J connectivity index is 2.40. The van der Waals surface area contributed by atoms with Crippen LogP contribution in [-0.4, -0.2) is 18.3 Å². The summed E-state index contributed by atoms with van der Waals surface area (Å²) < 4.78 is 6.56. The molecule has 0 aliphatic heterocycles. The minimum atomic E-state index is -0.873. The molecule has 0 amide bonds. The first-order valence-electron chi connectivity index (χ1n) is 5.17. The third-order valence-corrected chi connectivity index (χ3v) is 3.64. The van der Waals surface area contributed by atoms with Crippen LogP contribution < -0.4 is 0 Å². The molecule has 1 unspecified atom stereocenters. The van der Waals surface area contributed by atoms with Crippen LogP contribution in [-0.2, 0) is 16.8 Å². The maximum Gasteiger partial charge on any atom is 0.180 e. The van der Waals surface area contributed by atoms with Crippen LogP contribution in [0.2, 0.25) is 0 Å². The summed E-state index contributed by atoms with van der Waals surface area (Å²) in [7, 11) is 0. The Bertz CT molecular complexity index is 441. The summed E-state index contributed by atoms with van der Waals surface area (Å²) in [6, 6.07) is 8.04. The maximum atomic E-state index is 9.31. The summed E-state index contributed by atoms with van der Waals surface area (Å²) >= 11 is 3.48. The molecule has 1 aliphatic carbocycles. The molecule has 1 atom stereocenters. The third-order valence-electron chi connectivity index (χ3n) is 2.90. The molecule has 16 heavy (non-hydrogen) atoms. The highest BCUT2D eigenvalue weighted by atomic mass is 79.9. The monoisotopic (exact) mass is 281 g/mol. The third kappa shape index (κ3) is 1.75. The van der Waals surface area contributed by atoms with Gasteiger partial charge < -0.3 is 9.84 Å². The minimum absolute atomic E-state index is 0.0627. The molecule has 0 radical (unpaired) electrons. The fraction of sp³-hybridized carbons (Fsp3) is 0.417. The van der Waals surface area contributed by atoms with E-state index in [-0.39, 0.29) is 13.2 Å². The van der Waals surface area contributed by atoms with Gasteiger partial charge in [-0.3, -0.25) is 0 Å². The molecule has 3 nitrogen and oxygen atoms in total. The summed E-state index contributed by atoms with van der Waals surface area (Å²) in [5, 5.41) is 18.1. The van der Waals surface area contributed by atoms with Gasteiger partial charge in [0.25, 0.3) is 0 Å². The predicted molar refractivity (Wildman–Crippen MR) is 62.8 cm³/mol. The Morgan fingerprint density at radius 3 is 3.06 bits per heavy atom. The number of hydrogen-bond acceptors (Lipinski definition) is 3. The normalized spacial score (nSPS) is 22.8. The Hall–Kier alpha value is -0.890. The number of nitriles is 1. The first-order chi connectivity index (χ1) is 7.73. The molecule has 0 spiro atoms. The number of benzene rings is 1. The second-order valence-electron chi connectivity index (χ2n) is 3.78. The summed E-state index contributed by atoms with van der Waals surface area (Å²) in [5.74, 6) is 0. The molecule has 84 valence electrons. The van der Waals surface area contributed by atoms with Gasteiger partial charge in [-0.15, -0.1) is 0 Å². The lowest BCUT2D eigenvalue weighted by molar-refractivity contribution is -0.0218. The second kappa shape index (κ2) is 4.54. The molecule has 1 N–H and O–H groups in total. The Labute approximate surface area is 103 Å². The van der Waals surface area contributed by atoms with Crippen LogP contribution in [0.25, 0.3) is 0 Å². The van der Waals surface area contributed by atoms with Crippen LogP contribution in [0.3, 0.4) is 0 Å². The van der Waals surface area contributed by atoms with Crippen LogP contribution in [0.15, 0.2) is 22.7 Å². The van der Waals surface area contributed by atoms with Gasteiger partial charge in [-0.25, -0.2) is 0 Å². The van der Waals surface area contributed by atoms with E-state index in [9.17, 15) is 5.26 Å². The van der Waals surface area contributed by atoms with E-state index in [0.29, 0.717) is 6.42 Å². The van der Waals surface area contributed by atoms with E-state index in [4.69, 9.17) is 9.84 Å². The fourth-order valence-corrected chi connectivity index (χ4v) is 2.71. The smallest absolute Gasteiger partial charge is 0.180 e. The van der Waals surface area contributed by atoms with Crippen molar-refractivity contribution in [3.63, 3.8) is 0 Å². The highest BCUT2D eigenvalue weighted by Gasteiger charge is 2.40. The van der Waals surface area contributed by atoms with Gasteiger partial charge in [-0.1, -0.05) is 28.1 Å². The van der Waals surface area contributed by atoms with Crippen molar-refractivity contribution < 1.29 is 9.84 Å². The molecule has 1 aromatic rings. The van der Waals surface area contributed by atoms with Crippen LogP contribution in [0.5, 0.6) is 0 Å². The molecule has 2 rings (SSSR count). The van der Waals surface area contributed by atoms with Crippen molar-refractivity contribution in [3.05, 3.63) is 33.8 Å². The van der Waals surface area contributed by atoms with E-state index in [1.54, 1.807) is 0 Å². The standard InChI is InChI=1S/C12H12BrNO2/c13-11-3-1-2-10-9(11)4-5-12(10,8-14)16-7-6-15/h1-3,15H,4-7H2. The van der Waals surface area contributed by atoms with E-state index in [0.717, 1.165) is 22.0 Å². The van der Waals surface area contributed by atoms with E-state index in [1.165, 1.54) is 0 Å². The lowest BCUT2D eigenvalue weighted by Crippen LogP contribution is -2.26. The molecular weight excluding hydrogens is 270 g/mol. The summed E-state index contributed by atoms with van der Waals surface area (Å²) in [5.41, 5.74) is 1.20. The van der Waals surface area contributed by atoms with Crippen molar-refractivity contribution in [1.29, 1.82) is 5.26 Å².